The van der Waals surface area contributed by atoms with Gasteiger partial charge in [0.1, 0.15) is 0 Å². The van der Waals surface area contributed by atoms with Gasteiger partial charge in [-0.1, -0.05) is 12.1 Å². The van der Waals surface area contributed by atoms with E-state index < -0.39 is 0 Å². The van der Waals surface area contributed by atoms with Gasteiger partial charge in [0.15, 0.2) is 0 Å². The van der Waals surface area contributed by atoms with E-state index in [4.69, 9.17) is 0 Å². The SMILES string of the molecule is CCNC(=O)CCn1ccc2ccc(CNC)cc21. The van der Waals surface area contributed by atoms with E-state index in [2.05, 4.69) is 39.5 Å². The van der Waals surface area contributed by atoms with Crippen molar-refractivity contribution in [2.24, 2.45) is 0 Å². The minimum absolute atomic E-state index is 0.107. The van der Waals surface area contributed by atoms with Crippen molar-refractivity contribution >= 4 is 16.8 Å². The molecule has 0 radical (unpaired) electrons. The van der Waals surface area contributed by atoms with Crippen LogP contribution in [-0.2, 0) is 17.9 Å². The van der Waals surface area contributed by atoms with Crippen LogP contribution in [0, 0.1) is 0 Å². The minimum Gasteiger partial charge on any atom is -0.356 e. The van der Waals surface area contributed by atoms with Gasteiger partial charge in [0.25, 0.3) is 0 Å². The van der Waals surface area contributed by atoms with Crippen LogP contribution in [0.4, 0.5) is 0 Å². The lowest BCUT2D eigenvalue weighted by Crippen LogP contribution is -2.23. The summed E-state index contributed by atoms with van der Waals surface area (Å²) in [6.45, 7) is 4.21. The molecule has 0 saturated carbocycles. The number of rotatable bonds is 6. The van der Waals surface area contributed by atoms with E-state index >= 15 is 0 Å². The van der Waals surface area contributed by atoms with Crippen LogP contribution in [-0.4, -0.2) is 24.1 Å². The molecule has 0 aliphatic rings. The van der Waals surface area contributed by atoms with Crippen LogP contribution in [0.2, 0.25) is 0 Å². The fraction of sp³-hybridized carbons (Fsp3) is 0.400. The van der Waals surface area contributed by atoms with Crippen LogP contribution < -0.4 is 10.6 Å². The smallest absolute Gasteiger partial charge is 0.221 e. The summed E-state index contributed by atoms with van der Waals surface area (Å²) in [6, 6.07) is 8.54. The zero-order chi connectivity index (χ0) is 13.7. The van der Waals surface area contributed by atoms with Gasteiger partial charge in [-0.3, -0.25) is 4.79 Å². The van der Waals surface area contributed by atoms with Crippen molar-refractivity contribution in [1.82, 2.24) is 15.2 Å². The molecule has 2 rings (SSSR count). The predicted molar refractivity (Wildman–Crippen MR) is 78.0 cm³/mol. The van der Waals surface area contributed by atoms with E-state index in [9.17, 15) is 4.79 Å². The molecule has 1 aromatic carbocycles. The van der Waals surface area contributed by atoms with E-state index in [1.165, 1.54) is 16.5 Å². The Labute approximate surface area is 113 Å². The first-order valence-corrected chi connectivity index (χ1v) is 6.73. The molecule has 0 aliphatic heterocycles. The highest BCUT2D eigenvalue weighted by Gasteiger charge is 2.04. The van der Waals surface area contributed by atoms with Gasteiger partial charge in [-0.25, -0.2) is 0 Å². The number of benzene rings is 1. The molecular formula is C15H21N3O. The van der Waals surface area contributed by atoms with Crippen molar-refractivity contribution in [2.45, 2.75) is 26.4 Å². The maximum atomic E-state index is 11.5. The number of amides is 1. The van der Waals surface area contributed by atoms with Crippen LogP contribution in [0.15, 0.2) is 30.5 Å². The Morgan fingerprint density at radius 3 is 2.89 bits per heavy atom. The Hall–Kier alpha value is -1.81. The maximum Gasteiger partial charge on any atom is 0.221 e. The first-order valence-electron chi connectivity index (χ1n) is 6.73. The lowest BCUT2D eigenvalue weighted by molar-refractivity contribution is -0.121. The predicted octanol–water partition coefficient (Wildman–Crippen LogP) is 1.89. The number of aryl methyl sites for hydroxylation is 1. The average Bonchev–Trinajstić information content (AvgIpc) is 2.80. The highest BCUT2D eigenvalue weighted by atomic mass is 16.1. The van der Waals surface area contributed by atoms with Crippen molar-refractivity contribution in [3.63, 3.8) is 0 Å². The van der Waals surface area contributed by atoms with E-state index in [1.807, 2.05) is 20.2 Å². The topological polar surface area (TPSA) is 46.1 Å². The van der Waals surface area contributed by atoms with Gasteiger partial charge in [0.05, 0.1) is 0 Å². The fourth-order valence-corrected chi connectivity index (χ4v) is 2.25. The van der Waals surface area contributed by atoms with Gasteiger partial charge in [-0.2, -0.15) is 0 Å². The lowest BCUT2D eigenvalue weighted by Gasteiger charge is -2.07. The molecule has 0 saturated heterocycles. The molecule has 4 nitrogen and oxygen atoms in total. The summed E-state index contributed by atoms with van der Waals surface area (Å²) in [5.41, 5.74) is 2.45. The largest absolute Gasteiger partial charge is 0.356 e. The number of hydrogen-bond acceptors (Lipinski definition) is 2. The highest BCUT2D eigenvalue weighted by molar-refractivity contribution is 5.81. The first kappa shape index (κ1) is 13.6. The number of nitrogens with zero attached hydrogens (tertiary/aromatic N) is 1. The Kier molecular flexibility index (Phi) is 4.58. The second kappa shape index (κ2) is 6.38. The lowest BCUT2D eigenvalue weighted by atomic mass is 10.1. The Balaban J connectivity index is 2.14. The second-order valence-corrected chi connectivity index (χ2v) is 4.64. The molecule has 0 atom stereocenters. The number of carbonyl (C=O) groups is 1. The van der Waals surface area contributed by atoms with Crippen molar-refractivity contribution in [3.8, 4) is 0 Å². The van der Waals surface area contributed by atoms with Crippen LogP contribution in [0.1, 0.15) is 18.9 Å². The van der Waals surface area contributed by atoms with Gasteiger partial charge >= 0.3 is 0 Å². The van der Waals surface area contributed by atoms with Gasteiger partial charge in [-0.15, -0.1) is 0 Å². The fourth-order valence-electron chi connectivity index (χ4n) is 2.25. The van der Waals surface area contributed by atoms with Crippen LogP contribution in [0.25, 0.3) is 10.9 Å². The average molecular weight is 259 g/mol. The molecule has 1 amide bonds. The van der Waals surface area contributed by atoms with Crippen molar-refractivity contribution < 1.29 is 4.79 Å². The summed E-state index contributed by atoms with van der Waals surface area (Å²) in [7, 11) is 1.94. The summed E-state index contributed by atoms with van der Waals surface area (Å²) in [5.74, 6) is 0.107. The molecular weight excluding hydrogens is 238 g/mol. The van der Waals surface area contributed by atoms with E-state index in [-0.39, 0.29) is 5.91 Å². The van der Waals surface area contributed by atoms with E-state index in [0.29, 0.717) is 13.0 Å². The van der Waals surface area contributed by atoms with Crippen molar-refractivity contribution in [3.05, 3.63) is 36.0 Å². The number of nitrogens with one attached hydrogen (secondary N) is 2. The third kappa shape index (κ3) is 3.35. The minimum atomic E-state index is 0.107. The third-order valence-corrected chi connectivity index (χ3v) is 3.17. The van der Waals surface area contributed by atoms with Crippen LogP contribution in [0.3, 0.4) is 0 Å². The van der Waals surface area contributed by atoms with Crippen LogP contribution in [0.5, 0.6) is 0 Å². The molecule has 1 heterocycles. The molecule has 102 valence electrons. The Morgan fingerprint density at radius 2 is 2.16 bits per heavy atom. The third-order valence-electron chi connectivity index (χ3n) is 3.17. The number of hydrogen-bond donors (Lipinski definition) is 2. The van der Waals surface area contributed by atoms with Gasteiger partial charge in [0.2, 0.25) is 5.91 Å². The van der Waals surface area contributed by atoms with Crippen molar-refractivity contribution in [2.75, 3.05) is 13.6 Å². The highest BCUT2D eigenvalue weighted by Crippen LogP contribution is 2.18. The summed E-state index contributed by atoms with van der Waals surface area (Å²) < 4.78 is 2.14. The van der Waals surface area contributed by atoms with Gasteiger partial charge in [0, 0.05) is 37.8 Å². The van der Waals surface area contributed by atoms with Gasteiger partial charge in [-0.05, 0) is 37.1 Å². The molecule has 0 fully saturated rings. The molecule has 19 heavy (non-hydrogen) atoms. The Morgan fingerprint density at radius 1 is 1.32 bits per heavy atom. The summed E-state index contributed by atoms with van der Waals surface area (Å²) in [5, 5.41) is 7.20. The molecule has 0 unspecified atom stereocenters. The second-order valence-electron chi connectivity index (χ2n) is 4.64. The zero-order valence-electron chi connectivity index (χ0n) is 11.6. The van der Waals surface area contributed by atoms with Crippen LogP contribution >= 0.6 is 0 Å². The van der Waals surface area contributed by atoms with E-state index in [0.717, 1.165) is 13.1 Å². The first-order chi connectivity index (χ1) is 9.24. The van der Waals surface area contributed by atoms with Crippen molar-refractivity contribution in [1.29, 1.82) is 0 Å². The maximum absolute atomic E-state index is 11.5. The zero-order valence-corrected chi connectivity index (χ0v) is 11.6. The molecule has 0 spiro atoms. The summed E-state index contributed by atoms with van der Waals surface area (Å²) in [4.78, 5) is 11.5. The number of aromatic nitrogens is 1. The summed E-state index contributed by atoms with van der Waals surface area (Å²) >= 11 is 0. The normalized spacial score (nSPS) is 10.8. The van der Waals surface area contributed by atoms with Gasteiger partial charge < -0.3 is 15.2 Å². The molecule has 1 aromatic heterocycles. The quantitative estimate of drug-likeness (QED) is 0.832. The molecule has 2 N–H and O–H groups in total. The molecule has 0 bridgehead atoms. The number of carbonyl (C=O) groups excluding carboxylic acids is 1. The number of fused-ring (bicyclic) bond motifs is 1. The van der Waals surface area contributed by atoms with E-state index in [1.54, 1.807) is 0 Å². The molecule has 0 aliphatic carbocycles. The monoisotopic (exact) mass is 259 g/mol. The molecule has 2 aromatic rings. The standard InChI is InChI=1S/C15H21N3O/c1-3-17-15(19)7-9-18-8-6-13-5-4-12(11-16-2)10-14(13)18/h4-6,8,10,16H,3,7,9,11H2,1-2H3,(H,17,19). The molecule has 4 heteroatoms. The Bertz CT molecular complexity index is 560. The summed E-state index contributed by atoms with van der Waals surface area (Å²) in [6.07, 6.45) is 2.57.